The molecule has 2 unspecified atom stereocenters. The normalized spacial score (nSPS) is 22.9. The lowest BCUT2D eigenvalue weighted by Crippen LogP contribution is -2.25. The lowest BCUT2D eigenvalue weighted by molar-refractivity contribution is 0.183. The van der Waals surface area contributed by atoms with Gasteiger partial charge in [0.05, 0.1) is 6.61 Å². The predicted octanol–water partition coefficient (Wildman–Crippen LogP) is 1.87. The van der Waals surface area contributed by atoms with Crippen LogP contribution in [0.1, 0.15) is 18.9 Å². The van der Waals surface area contributed by atoms with E-state index in [0.717, 1.165) is 30.2 Å². The average molecular weight is 227 g/mol. The molecule has 84 valence electrons. The van der Waals surface area contributed by atoms with E-state index in [9.17, 15) is 0 Å². The summed E-state index contributed by atoms with van der Waals surface area (Å²) in [4.78, 5) is 0. The molecule has 1 aromatic heterocycles. The molecular formula is C10H17N3OS. The molecule has 0 radical (unpaired) electrons. The SMILES string of the molecule is Cc1c(N)nsc1NC(C)C1CCOC1. The average Bonchev–Trinajstić information content (AvgIpc) is 2.83. The molecule has 3 N–H and O–H groups in total. The summed E-state index contributed by atoms with van der Waals surface area (Å²) in [5.74, 6) is 1.24. The van der Waals surface area contributed by atoms with Gasteiger partial charge in [0.2, 0.25) is 0 Å². The molecule has 0 aliphatic carbocycles. The third-order valence-electron chi connectivity index (χ3n) is 2.99. The van der Waals surface area contributed by atoms with E-state index in [4.69, 9.17) is 10.5 Å². The number of nitrogen functional groups attached to an aromatic ring is 1. The van der Waals surface area contributed by atoms with Crippen LogP contribution in [0.15, 0.2) is 0 Å². The maximum Gasteiger partial charge on any atom is 0.142 e. The van der Waals surface area contributed by atoms with Crippen molar-refractivity contribution < 1.29 is 4.74 Å². The summed E-state index contributed by atoms with van der Waals surface area (Å²) in [5, 5.41) is 4.56. The molecule has 1 aromatic rings. The third-order valence-corrected chi connectivity index (χ3v) is 3.89. The van der Waals surface area contributed by atoms with Crippen LogP contribution < -0.4 is 11.1 Å². The van der Waals surface area contributed by atoms with E-state index in [1.54, 1.807) is 0 Å². The highest BCUT2D eigenvalue weighted by molar-refractivity contribution is 7.10. The first-order valence-electron chi connectivity index (χ1n) is 5.24. The Morgan fingerprint density at radius 2 is 2.47 bits per heavy atom. The molecule has 2 heterocycles. The quantitative estimate of drug-likeness (QED) is 0.827. The predicted molar refractivity (Wildman–Crippen MR) is 63.3 cm³/mol. The lowest BCUT2D eigenvalue weighted by atomic mass is 10.0. The number of nitrogens with zero attached hydrogens (tertiary/aromatic N) is 1. The fraction of sp³-hybridized carbons (Fsp3) is 0.700. The molecule has 1 saturated heterocycles. The van der Waals surface area contributed by atoms with E-state index in [0.29, 0.717) is 17.8 Å². The number of nitrogens with two attached hydrogens (primary N) is 1. The summed E-state index contributed by atoms with van der Waals surface area (Å²) < 4.78 is 9.50. The van der Waals surface area contributed by atoms with Gasteiger partial charge in [0.25, 0.3) is 0 Å². The van der Waals surface area contributed by atoms with Crippen molar-refractivity contribution in [3.8, 4) is 0 Å². The largest absolute Gasteiger partial charge is 0.383 e. The van der Waals surface area contributed by atoms with E-state index < -0.39 is 0 Å². The van der Waals surface area contributed by atoms with Crippen LogP contribution in [0, 0.1) is 12.8 Å². The minimum absolute atomic E-state index is 0.422. The zero-order valence-electron chi connectivity index (χ0n) is 9.12. The van der Waals surface area contributed by atoms with Gasteiger partial charge in [-0.25, -0.2) is 0 Å². The zero-order chi connectivity index (χ0) is 10.8. The second-order valence-corrected chi connectivity index (χ2v) is 4.85. The molecule has 0 amide bonds. The Hall–Kier alpha value is -0.810. The van der Waals surface area contributed by atoms with Crippen molar-refractivity contribution in [1.29, 1.82) is 0 Å². The lowest BCUT2D eigenvalue weighted by Gasteiger charge is -2.19. The Kier molecular flexibility index (Phi) is 3.11. The first-order chi connectivity index (χ1) is 7.18. The molecule has 0 bridgehead atoms. The number of nitrogens with one attached hydrogen (secondary N) is 1. The minimum atomic E-state index is 0.422. The van der Waals surface area contributed by atoms with E-state index in [-0.39, 0.29) is 0 Å². The number of anilines is 2. The van der Waals surface area contributed by atoms with Gasteiger partial charge in [0, 0.05) is 24.1 Å². The number of ether oxygens (including phenoxy) is 1. The molecule has 15 heavy (non-hydrogen) atoms. The molecule has 0 spiro atoms. The fourth-order valence-electron chi connectivity index (χ4n) is 1.75. The Morgan fingerprint density at radius 1 is 1.67 bits per heavy atom. The van der Waals surface area contributed by atoms with Gasteiger partial charge in [-0.1, -0.05) is 0 Å². The first kappa shape index (κ1) is 10.7. The second kappa shape index (κ2) is 4.37. The van der Waals surface area contributed by atoms with Crippen LogP contribution in [-0.2, 0) is 4.74 Å². The molecule has 4 nitrogen and oxygen atoms in total. The monoisotopic (exact) mass is 227 g/mol. The Balaban J connectivity index is 1.98. The van der Waals surface area contributed by atoms with E-state index in [1.165, 1.54) is 11.5 Å². The molecule has 1 fully saturated rings. The van der Waals surface area contributed by atoms with Gasteiger partial charge < -0.3 is 15.8 Å². The zero-order valence-corrected chi connectivity index (χ0v) is 9.93. The maximum absolute atomic E-state index is 5.70. The highest BCUT2D eigenvalue weighted by Crippen LogP contribution is 2.28. The van der Waals surface area contributed by atoms with Crippen LogP contribution in [-0.4, -0.2) is 23.6 Å². The van der Waals surface area contributed by atoms with Gasteiger partial charge in [-0.15, -0.1) is 0 Å². The van der Waals surface area contributed by atoms with Crippen molar-refractivity contribution >= 4 is 22.4 Å². The summed E-state index contributed by atoms with van der Waals surface area (Å²) in [7, 11) is 0. The van der Waals surface area contributed by atoms with Crippen molar-refractivity contribution in [2.24, 2.45) is 5.92 Å². The van der Waals surface area contributed by atoms with Crippen LogP contribution in [0.4, 0.5) is 10.8 Å². The number of hydrogen-bond donors (Lipinski definition) is 2. The van der Waals surface area contributed by atoms with E-state index >= 15 is 0 Å². The third kappa shape index (κ3) is 2.23. The Labute approximate surface area is 94.0 Å². The first-order valence-corrected chi connectivity index (χ1v) is 6.02. The summed E-state index contributed by atoms with van der Waals surface area (Å²) in [5.41, 5.74) is 6.77. The summed E-state index contributed by atoms with van der Waals surface area (Å²) in [6, 6.07) is 0.422. The van der Waals surface area contributed by atoms with Gasteiger partial charge in [0.1, 0.15) is 10.8 Å². The van der Waals surface area contributed by atoms with Crippen LogP contribution in [0.2, 0.25) is 0 Å². The van der Waals surface area contributed by atoms with Gasteiger partial charge >= 0.3 is 0 Å². The van der Waals surface area contributed by atoms with Crippen molar-refractivity contribution in [3.05, 3.63) is 5.56 Å². The van der Waals surface area contributed by atoms with Crippen LogP contribution in [0.25, 0.3) is 0 Å². The van der Waals surface area contributed by atoms with Crippen molar-refractivity contribution in [3.63, 3.8) is 0 Å². The number of hydrogen-bond acceptors (Lipinski definition) is 5. The van der Waals surface area contributed by atoms with Gasteiger partial charge in [0.15, 0.2) is 0 Å². The van der Waals surface area contributed by atoms with E-state index in [2.05, 4.69) is 16.6 Å². The fourth-order valence-corrected chi connectivity index (χ4v) is 2.56. The smallest absolute Gasteiger partial charge is 0.142 e. The van der Waals surface area contributed by atoms with Crippen molar-refractivity contribution in [2.45, 2.75) is 26.3 Å². The van der Waals surface area contributed by atoms with Gasteiger partial charge in [-0.3, -0.25) is 0 Å². The second-order valence-electron chi connectivity index (χ2n) is 4.08. The van der Waals surface area contributed by atoms with Crippen LogP contribution in [0.5, 0.6) is 0 Å². The van der Waals surface area contributed by atoms with Gasteiger partial charge in [-0.05, 0) is 31.8 Å². The summed E-state index contributed by atoms with van der Waals surface area (Å²) in [6.07, 6.45) is 1.14. The molecule has 2 atom stereocenters. The van der Waals surface area contributed by atoms with Crippen LogP contribution in [0.3, 0.4) is 0 Å². The summed E-state index contributed by atoms with van der Waals surface area (Å²) in [6.45, 7) is 5.94. The van der Waals surface area contributed by atoms with E-state index in [1.807, 2.05) is 6.92 Å². The number of rotatable bonds is 3. The molecule has 5 heteroatoms. The van der Waals surface area contributed by atoms with Crippen LogP contribution >= 0.6 is 11.5 Å². The highest BCUT2D eigenvalue weighted by Gasteiger charge is 2.23. The molecule has 2 rings (SSSR count). The number of aromatic nitrogens is 1. The highest BCUT2D eigenvalue weighted by atomic mass is 32.1. The molecular weight excluding hydrogens is 210 g/mol. The topological polar surface area (TPSA) is 60.2 Å². The van der Waals surface area contributed by atoms with Crippen molar-refractivity contribution in [2.75, 3.05) is 24.3 Å². The summed E-state index contributed by atoms with van der Waals surface area (Å²) >= 11 is 1.44. The van der Waals surface area contributed by atoms with Gasteiger partial charge in [-0.2, -0.15) is 4.37 Å². The standard InChI is InChI=1S/C10H17N3OS/c1-6-9(11)13-15-10(6)12-7(2)8-3-4-14-5-8/h7-8,12H,3-5H2,1-2H3,(H2,11,13). The molecule has 0 aromatic carbocycles. The van der Waals surface area contributed by atoms with Crippen molar-refractivity contribution in [1.82, 2.24) is 4.37 Å². The molecule has 1 aliphatic rings. The Morgan fingerprint density at radius 3 is 3.00 bits per heavy atom. The maximum atomic E-state index is 5.70. The molecule has 0 saturated carbocycles. The minimum Gasteiger partial charge on any atom is -0.383 e. The Bertz CT molecular complexity index is 333. The molecule has 1 aliphatic heterocycles.